The van der Waals surface area contributed by atoms with Gasteiger partial charge in [0.1, 0.15) is 0 Å². The van der Waals surface area contributed by atoms with Crippen molar-refractivity contribution >= 4 is 11.6 Å². The van der Waals surface area contributed by atoms with Crippen molar-refractivity contribution < 1.29 is 4.79 Å². The van der Waals surface area contributed by atoms with E-state index < -0.39 is 0 Å². The fraction of sp³-hybridized carbons (Fsp3) is 0.562. The fourth-order valence-electron chi connectivity index (χ4n) is 2.56. The molecule has 1 amide bonds. The van der Waals surface area contributed by atoms with Crippen molar-refractivity contribution in [1.29, 1.82) is 0 Å². The maximum atomic E-state index is 12.4. The third-order valence-electron chi connectivity index (χ3n) is 3.66. The van der Waals surface area contributed by atoms with Gasteiger partial charge in [0.2, 0.25) is 0 Å². The van der Waals surface area contributed by atoms with Crippen LogP contribution in [0.4, 0.5) is 5.69 Å². The van der Waals surface area contributed by atoms with Crippen molar-refractivity contribution in [3.8, 4) is 0 Å². The molecule has 0 saturated carbocycles. The Morgan fingerprint density at radius 1 is 1.37 bits per heavy atom. The zero-order chi connectivity index (χ0) is 13.7. The molecular formula is C16H24N2O. The predicted molar refractivity (Wildman–Crippen MR) is 79.5 cm³/mol. The molecule has 1 aromatic carbocycles. The first-order valence-electron chi connectivity index (χ1n) is 7.34. The molecule has 0 spiro atoms. The van der Waals surface area contributed by atoms with Crippen LogP contribution < -0.4 is 5.32 Å². The summed E-state index contributed by atoms with van der Waals surface area (Å²) in [4.78, 5) is 14.4. The lowest BCUT2D eigenvalue weighted by atomic mass is 9.99. The topological polar surface area (TPSA) is 32.3 Å². The Balaban J connectivity index is 1.98. The highest BCUT2D eigenvalue weighted by Crippen LogP contribution is 2.18. The maximum absolute atomic E-state index is 12.4. The van der Waals surface area contributed by atoms with Gasteiger partial charge in [0.05, 0.1) is 0 Å². The van der Waals surface area contributed by atoms with Crippen LogP contribution in [-0.2, 0) is 0 Å². The van der Waals surface area contributed by atoms with E-state index >= 15 is 0 Å². The lowest BCUT2D eigenvalue weighted by Gasteiger charge is -2.31. The number of carbonyl (C=O) groups is 1. The molecule has 1 atom stereocenters. The average Bonchev–Trinajstić information content (AvgIpc) is 2.45. The minimum atomic E-state index is 0.175. The van der Waals surface area contributed by atoms with Crippen LogP contribution in [0.2, 0.25) is 0 Å². The first kappa shape index (κ1) is 13.9. The van der Waals surface area contributed by atoms with E-state index in [0.717, 1.165) is 43.7 Å². The number of anilines is 1. The van der Waals surface area contributed by atoms with E-state index in [-0.39, 0.29) is 5.91 Å². The molecule has 3 nitrogen and oxygen atoms in total. The molecule has 1 N–H and O–H groups in total. The summed E-state index contributed by atoms with van der Waals surface area (Å²) in [5.41, 5.74) is 1.89. The van der Waals surface area contributed by atoms with Crippen LogP contribution in [0.5, 0.6) is 0 Å². The minimum absolute atomic E-state index is 0.175. The third kappa shape index (κ3) is 3.72. The number of rotatable bonds is 4. The van der Waals surface area contributed by atoms with E-state index in [4.69, 9.17) is 0 Å². The number of piperidine rings is 1. The molecule has 1 saturated heterocycles. The zero-order valence-electron chi connectivity index (χ0n) is 12.0. The standard InChI is InChI=1S/C16H24N2O/c1-3-10-17-15-8-6-14(7-9-15)16(19)18-11-4-5-13(2)12-18/h6-9,13,17H,3-5,10-12H2,1-2H3. The van der Waals surface area contributed by atoms with Crippen LogP contribution in [0.15, 0.2) is 24.3 Å². The molecule has 3 heteroatoms. The van der Waals surface area contributed by atoms with Gasteiger partial charge in [-0.25, -0.2) is 0 Å². The van der Waals surface area contributed by atoms with Crippen molar-refractivity contribution in [3.05, 3.63) is 29.8 Å². The Morgan fingerprint density at radius 2 is 2.11 bits per heavy atom. The molecule has 0 radical (unpaired) electrons. The van der Waals surface area contributed by atoms with Crippen LogP contribution in [0, 0.1) is 5.92 Å². The van der Waals surface area contributed by atoms with Gasteiger partial charge >= 0.3 is 0 Å². The van der Waals surface area contributed by atoms with Crippen molar-refractivity contribution in [3.63, 3.8) is 0 Å². The molecule has 0 aliphatic carbocycles. The monoisotopic (exact) mass is 260 g/mol. The second kappa shape index (κ2) is 6.60. The highest BCUT2D eigenvalue weighted by molar-refractivity contribution is 5.94. The van der Waals surface area contributed by atoms with Gasteiger partial charge in [0.25, 0.3) is 5.91 Å². The smallest absolute Gasteiger partial charge is 0.253 e. The molecule has 1 fully saturated rings. The van der Waals surface area contributed by atoms with Crippen LogP contribution in [0.1, 0.15) is 43.5 Å². The summed E-state index contributed by atoms with van der Waals surface area (Å²) in [6.07, 6.45) is 3.47. The number of benzene rings is 1. The van der Waals surface area contributed by atoms with E-state index in [1.807, 2.05) is 29.2 Å². The molecule has 1 heterocycles. The number of carbonyl (C=O) groups excluding carboxylic acids is 1. The molecule has 0 bridgehead atoms. The molecule has 1 aliphatic rings. The summed E-state index contributed by atoms with van der Waals surface area (Å²) in [6, 6.07) is 7.85. The second-order valence-corrected chi connectivity index (χ2v) is 5.50. The van der Waals surface area contributed by atoms with Gasteiger partial charge in [-0.05, 0) is 49.4 Å². The molecular weight excluding hydrogens is 236 g/mol. The second-order valence-electron chi connectivity index (χ2n) is 5.50. The largest absolute Gasteiger partial charge is 0.385 e. The van der Waals surface area contributed by atoms with E-state index in [1.54, 1.807) is 0 Å². The van der Waals surface area contributed by atoms with Gasteiger partial charge in [-0.2, -0.15) is 0 Å². The summed E-state index contributed by atoms with van der Waals surface area (Å²) < 4.78 is 0. The Hall–Kier alpha value is -1.51. The SMILES string of the molecule is CCCNc1ccc(C(=O)N2CCCC(C)C2)cc1. The number of amides is 1. The molecule has 1 aliphatic heterocycles. The summed E-state index contributed by atoms with van der Waals surface area (Å²) in [7, 11) is 0. The number of nitrogens with one attached hydrogen (secondary N) is 1. The van der Waals surface area contributed by atoms with E-state index in [2.05, 4.69) is 19.2 Å². The van der Waals surface area contributed by atoms with Gasteiger partial charge in [0.15, 0.2) is 0 Å². The van der Waals surface area contributed by atoms with E-state index in [1.165, 1.54) is 6.42 Å². The number of likely N-dealkylation sites (tertiary alicyclic amines) is 1. The van der Waals surface area contributed by atoms with E-state index in [9.17, 15) is 4.79 Å². The molecule has 104 valence electrons. The maximum Gasteiger partial charge on any atom is 0.253 e. The zero-order valence-corrected chi connectivity index (χ0v) is 12.0. The molecule has 0 aromatic heterocycles. The first-order chi connectivity index (χ1) is 9.20. The summed E-state index contributed by atoms with van der Waals surface area (Å²) >= 11 is 0. The quantitative estimate of drug-likeness (QED) is 0.900. The Bertz CT molecular complexity index is 413. The van der Waals surface area contributed by atoms with Gasteiger partial charge in [-0.1, -0.05) is 13.8 Å². The predicted octanol–water partition coefficient (Wildman–Crippen LogP) is 3.38. The number of nitrogens with zero attached hydrogens (tertiary/aromatic N) is 1. The minimum Gasteiger partial charge on any atom is -0.385 e. The lowest BCUT2D eigenvalue weighted by molar-refractivity contribution is 0.0683. The third-order valence-corrected chi connectivity index (χ3v) is 3.66. The van der Waals surface area contributed by atoms with Crippen LogP contribution in [-0.4, -0.2) is 30.4 Å². The summed E-state index contributed by atoms with van der Waals surface area (Å²) in [5.74, 6) is 0.803. The van der Waals surface area contributed by atoms with Crippen molar-refractivity contribution in [1.82, 2.24) is 4.90 Å². The normalized spacial score (nSPS) is 19.3. The van der Waals surface area contributed by atoms with Gasteiger partial charge in [0, 0.05) is 30.9 Å². The first-order valence-corrected chi connectivity index (χ1v) is 7.34. The average molecular weight is 260 g/mol. The van der Waals surface area contributed by atoms with Crippen LogP contribution in [0.25, 0.3) is 0 Å². The van der Waals surface area contributed by atoms with Gasteiger partial charge in [-0.15, -0.1) is 0 Å². The fourth-order valence-corrected chi connectivity index (χ4v) is 2.56. The summed E-state index contributed by atoms with van der Waals surface area (Å²) in [5, 5.41) is 3.32. The molecule has 1 aromatic rings. The Labute approximate surface area is 116 Å². The van der Waals surface area contributed by atoms with Crippen molar-refractivity contribution in [2.45, 2.75) is 33.1 Å². The Morgan fingerprint density at radius 3 is 2.74 bits per heavy atom. The van der Waals surface area contributed by atoms with Gasteiger partial charge < -0.3 is 10.2 Å². The van der Waals surface area contributed by atoms with Crippen LogP contribution >= 0.6 is 0 Å². The van der Waals surface area contributed by atoms with E-state index in [0.29, 0.717) is 5.92 Å². The van der Waals surface area contributed by atoms with Crippen molar-refractivity contribution in [2.24, 2.45) is 5.92 Å². The number of hydrogen-bond donors (Lipinski definition) is 1. The Kier molecular flexibility index (Phi) is 4.83. The number of hydrogen-bond acceptors (Lipinski definition) is 2. The van der Waals surface area contributed by atoms with Crippen LogP contribution in [0.3, 0.4) is 0 Å². The highest BCUT2D eigenvalue weighted by atomic mass is 16.2. The molecule has 19 heavy (non-hydrogen) atoms. The molecule has 2 rings (SSSR count). The van der Waals surface area contributed by atoms with Gasteiger partial charge in [-0.3, -0.25) is 4.79 Å². The van der Waals surface area contributed by atoms with Crippen molar-refractivity contribution in [2.75, 3.05) is 25.0 Å². The molecule has 1 unspecified atom stereocenters. The lowest BCUT2D eigenvalue weighted by Crippen LogP contribution is -2.39. The highest BCUT2D eigenvalue weighted by Gasteiger charge is 2.21. The summed E-state index contributed by atoms with van der Waals surface area (Å²) in [6.45, 7) is 7.13.